The van der Waals surface area contributed by atoms with Crippen molar-refractivity contribution in [2.45, 2.75) is 39.3 Å². The highest BCUT2D eigenvalue weighted by Crippen LogP contribution is 2.22. The van der Waals surface area contributed by atoms with Gasteiger partial charge in [0.25, 0.3) is 0 Å². The lowest BCUT2D eigenvalue weighted by Gasteiger charge is -2.19. The van der Waals surface area contributed by atoms with Crippen molar-refractivity contribution in [3.8, 4) is 0 Å². The zero-order chi connectivity index (χ0) is 12.3. The predicted molar refractivity (Wildman–Crippen MR) is 72.9 cm³/mol. The second-order valence-electron chi connectivity index (χ2n) is 5.27. The summed E-state index contributed by atoms with van der Waals surface area (Å²) in [6, 6.07) is 9.12. The van der Waals surface area contributed by atoms with Gasteiger partial charge in [0.1, 0.15) is 0 Å². The molecule has 0 radical (unpaired) electrons. The molecule has 0 spiro atoms. The van der Waals surface area contributed by atoms with Crippen LogP contribution in [0.15, 0.2) is 24.3 Å². The molecule has 0 bridgehead atoms. The Balaban J connectivity index is 1.98. The molecule has 1 saturated heterocycles. The fourth-order valence-corrected chi connectivity index (χ4v) is 2.73. The molecule has 0 saturated carbocycles. The summed E-state index contributed by atoms with van der Waals surface area (Å²) in [6.45, 7) is 7.81. The first kappa shape index (κ1) is 12.6. The highest BCUT2D eigenvalue weighted by Gasteiger charge is 2.25. The maximum absolute atomic E-state index is 5.98. The van der Waals surface area contributed by atoms with E-state index in [2.05, 4.69) is 43.0 Å². The van der Waals surface area contributed by atoms with E-state index < -0.39 is 0 Å². The normalized spacial score (nSPS) is 22.9. The highest BCUT2D eigenvalue weighted by molar-refractivity contribution is 5.27. The van der Waals surface area contributed by atoms with Crippen LogP contribution in [0.5, 0.6) is 0 Å². The lowest BCUT2D eigenvalue weighted by Crippen LogP contribution is -2.29. The molecule has 2 unspecified atom stereocenters. The van der Waals surface area contributed by atoms with Crippen molar-refractivity contribution in [2.75, 3.05) is 13.1 Å². The van der Waals surface area contributed by atoms with Gasteiger partial charge in [0, 0.05) is 19.1 Å². The topological polar surface area (TPSA) is 29.3 Å². The van der Waals surface area contributed by atoms with E-state index in [-0.39, 0.29) is 0 Å². The van der Waals surface area contributed by atoms with Crippen LogP contribution in [0.3, 0.4) is 0 Å². The van der Waals surface area contributed by atoms with E-state index in [0.29, 0.717) is 12.0 Å². The number of aryl methyl sites for hydroxylation is 1. The Morgan fingerprint density at radius 2 is 2.06 bits per heavy atom. The van der Waals surface area contributed by atoms with Gasteiger partial charge < -0.3 is 5.73 Å². The average molecular weight is 232 g/mol. The van der Waals surface area contributed by atoms with E-state index in [1.807, 2.05) is 0 Å². The summed E-state index contributed by atoms with van der Waals surface area (Å²) in [5.41, 5.74) is 8.95. The minimum absolute atomic E-state index is 0.335. The minimum Gasteiger partial charge on any atom is -0.328 e. The van der Waals surface area contributed by atoms with Crippen molar-refractivity contribution in [3.05, 3.63) is 35.4 Å². The molecule has 2 nitrogen and oxygen atoms in total. The Hall–Kier alpha value is -0.860. The predicted octanol–water partition coefficient (Wildman–Crippen LogP) is 2.42. The third kappa shape index (κ3) is 3.08. The van der Waals surface area contributed by atoms with Crippen LogP contribution in [0.1, 0.15) is 31.4 Å². The van der Waals surface area contributed by atoms with Crippen LogP contribution in [0.25, 0.3) is 0 Å². The summed E-state index contributed by atoms with van der Waals surface area (Å²) in [4.78, 5) is 2.54. The summed E-state index contributed by atoms with van der Waals surface area (Å²) >= 11 is 0. The Kier molecular flexibility index (Phi) is 4.19. The van der Waals surface area contributed by atoms with Gasteiger partial charge in [-0.3, -0.25) is 4.90 Å². The van der Waals surface area contributed by atoms with Crippen molar-refractivity contribution >= 4 is 0 Å². The first-order chi connectivity index (χ1) is 8.20. The van der Waals surface area contributed by atoms with Gasteiger partial charge in [0.15, 0.2) is 0 Å². The van der Waals surface area contributed by atoms with Crippen molar-refractivity contribution < 1.29 is 0 Å². The maximum Gasteiger partial charge on any atom is 0.0236 e. The molecular formula is C15H24N2. The van der Waals surface area contributed by atoms with E-state index in [4.69, 9.17) is 5.73 Å². The third-order valence-corrected chi connectivity index (χ3v) is 3.95. The van der Waals surface area contributed by atoms with Crippen LogP contribution in [-0.4, -0.2) is 24.0 Å². The van der Waals surface area contributed by atoms with Crippen LogP contribution >= 0.6 is 0 Å². The van der Waals surface area contributed by atoms with E-state index in [1.165, 1.54) is 24.1 Å². The Labute approximate surface area is 105 Å². The first-order valence-corrected chi connectivity index (χ1v) is 6.75. The van der Waals surface area contributed by atoms with Crippen LogP contribution in [-0.2, 0) is 13.0 Å². The molecule has 2 rings (SSSR count). The molecule has 1 aromatic carbocycles. The van der Waals surface area contributed by atoms with E-state index >= 15 is 0 Å². The lowest BCUT2D eigenvalue weighted by molar-refractivity contribution is 0.307. The molecule has 2 heteroatoms. The van der Waals surface area contributed by atoms with Crippen LogP contribution < -0.4 is 5.73 Å². The Bertz CT molecular complexity index is 360. The van der Waals surface area contributed by atoms with E-state index in [9.17, 15) is 0 Å². The molecule has 1 fully saturated rings. The summed E-state index contributed by atoms with van der Waals surface area (Å²) < 4.78 is 0. The van der Waals surface area contributed by atoms with Gasteiger partial charge in [0.2, 0.25) is 0 Å². The number of rotatable bonds is 4. The molecule has 0 amide bonds. The van der Waals surface area contributed by atoms with Gasteiger partial charge >= 0.3 is 0 Å². The Morgan fingerprint density at radius 1 is 1.35 bits per heavy atom. The number of hydrogen-bond donors (Lipinski definition) is 1. The summed E-state index contributed by atoms with van der Waals surface area (Å²) in [5, 5.41) is 0. The molecule has 1 aliphatic heterocycles. The molecule has 0 aliphatic carbocycles. The maximum atomic E-state index is 5.98. The number of nitrogens with two attached hydrogens (primary N) is 1. The SMILES string of the molecule is CCc1ccccc1CN1CCC(C(C)N)C1. The molecular weight excluding hydrogens is 208 g/mol. The summed E-state index contributed by atoms with van der Waals surface area (Å²) in [7, 11) is 0. The molecule has 2 atom stereocenters. The van der Waals surface area contributed by atoms with Gasteiger partial charge in [-0.15, -0.1) is 0 Å². The van der Waals surface area contributed by atoms with Crippen molar-refractivity contribution in [3.63, 3.8) is 0 Å². The van der Waals surface area contributed by atoms with Crippen LogP contribution in [0, 0.1) is 5.92 Å². The fraction of sp³-hybridized carbons (Fsp3) is 0.600. The minimum atomic E-state index is 0.335. The van der Waals surface area contributed by atoms with Crippen molar-refractivity contribution in [2.24, 2.45) is 11.7 Å². The zero-order valence-corrected chi connectivity index (χ0v) is 11.0. The standard InChI is InChI=1S/C15H24N2/c1-3-13-6-4-5-7-15(13)11-17-9-8-14(10-17)12(2)16/h4-7,12,14H,3,8-11,16H2,1-2H3. The zero-order valence-electron chi connectivity index (χ0n) is 11.0. The van der Waals surface area contributed by atoms with Gasteiger partial charge in [-0.25, -0.2) is 0 Å². The van der Waals surface area contributed by atoms with Crippen molar-refractivity contribution in [1.29, 1.82) is 0 Å². The molecule has 2 N–H and O–H groups in total. The van der Waals surface area contributed by atoms with Crippen LogP contribution in [0.2, 0.25) is 0 Å². The van der Waals surface area contributed by atoms with E-state index in [0.717, 1.165) is 19.5 Å². The van der Waals surface area contributed by atoms with Crippen molar-refractivity contribution in [1.82, 2.24) is 4.90 Å². The molecule has 1 aromatic rings. The number of likely N-dealkylation sites (tertiary alicyclic amines) is 1. The first-order valence-electron chi connectivity index (χ1n) is 6.75. The molecule has 1 heterocycles. The third-order valence-electron chi connectivity index (χ3n) is 3.95. The van der Waals surface area contributed by atoms with Gasteiger partial charge in [-0.2, -0.15) is 0 Å². The molecule has 17 heavy (non-hydrogen) atoms. The van der Waals surface area contributed by atoms with Gasteiger partial charge in [0.05, 0.1) is 0 Å². The Morgan fingerprint density at radius 3 is 2.65 bits per heavy atom. The van der Waals surface area contributed by atoms with Crippen LogP contribution in [0.4, 0.5) is 0 Å². The fourth-order valence-electron chi connectivity index (χ4n) is 2.73. The number of hydrogen-bond acceptors (Lipinski definition) is 2. The quantitative estimate of drug-likeness (QED) is 0.864. The molecule has 1 aliphatic rings. The van der Waals surface area contributed by atoms with Gasteiger partial charge in [-0.1, -0.05) is 31.2 Å². The van der Waals surface area contributed by atoms with Gasteiger partial charge in [-0.05, 0) is 43.4 Å². The number of benzene rings is 1. The monoisotopic (exact) mass is 232 g/mol. The second-order valence-corrected chi connectivity index (χ2v) is 5.27. The molecule has 0 aromatic heterocycles. The summed E-state index contributed by atoms with van der Waals surface area (Å²) in [6.07, 6.45) is 2.38. The summed E-state index contributed by atoms with van der Waals surface area (Å²) in [5.74, 6) is 0.684. The number of nitrogens with zero attached hydrogens (tertiary/aromatic N) is 1. The smallest absolute Gasteiger partial charge is 0.0236 e. The van der Waals surface area contributed by atoms with E-state index in [1.54, 1.807) is 0 Å². The largest absolute Gasteiger partial charge is 0.328 e. The molecule has 94 valence electrons. The highest BCUT2D eigenvalue weighted by atomic mass is 15.1. The lowest BCUT2D eigenvalue weighted by atomic mass is 10.0. The average Bonchev–Trinajstić information content (AvgIpc) is 2.78. The second kappa shape index (κ2) is 5.65.